The number of carbonyl (C=O) groups is 1. The van der Waals surface area contributed by atoms with E-state index in [1.165, 1.54) is 11.1 Å². The Morgan fingerprint density at radius 2 is 2.17 bits per heavy atom. The topological polar surface area (TPSA) is 74.5 Å². The number of hydrogen-bond acceptors (Lipinski definition) is 4. The molecule has 2 rings (SSSR count). The molecule has 0 radical (unpaired) electrons. The van der Waals surface area contributed by atoms with Crippen molar-refractivity contribution in [3.63, 3.8) is 0 Å². The van der Waals surface area contributed by atoms with Gasteiger partial charge in [-0.25, -0.2) is 4.79 Å². The summed E-state index contributed by atoms with van der Waals surface area (Å²) in [6, 6.07) is 7.15. The smallest absolute Gasteiger partial charge is 0.315 e. The Bertz CT molecular complexity index is 593. The molecule has 6 heteroatoms. The molecule has 2 atom stereocenters. The molecular weight excluding hydrogens is 312 g/mol. The van der Waals surface area contributed by atoms with Crippen molar-refractivity contribution in [2.45, 2.75) is 44.8 Å². The van der Waals surface area contributed by atoms with E-state index in [0.717, 1.165) is 0 Å². The molecule has 0 aromatic carbocycles. The molecule has 0 spiro atoms. The highest BCUT2D eigenvalue weighted by Gasteiger charge is 2.23. The summed E-state index contributed by atoms with van der Waals surface area (Å²) in [7, 11) is 0. The van der Waals surface area contributed by atoms with Gasteiger partial charge in [-0.3, -0.25) is 0 Å². The van der Waals surface area contributed by atoms with E-state index in [1.807, 2.05) is 18.4 Å². The number of aliphatic hydroxyl groups is 1. The van der Waals surface area contributed by atoms with Crippen molar-refractivity contribution in [2.75, 3.05) is 6.54 Å². The molecule has 126 valence electrons. The van der Waals surface area contributed by atoms with Crippen molar-refractivity contribution in [1.82, 2.24) is 10.6 Å². The quantitative estimate of drug-likeness (QED) is 0.725. The van der Waals surface area contributed by atoms with Crippen LogP contribution < -0.4 is 10.6 Å². The Balaban J connectivity index is 1.76. The number of nitrogens with one attached hydrogen (secondary N) is 2. The van der Waals surface area contributed by atoms with Gasteiger partial charge in [-0.2, -0.15) is 0 Å². The first-order chi connectivity index (χ1) is 10.9. The fraction of sp³-hybridized carbons (Fsp3) is 0.471. The minimum atomic E-state index is -0.720. The molecule has 2 amide bonds. The average Bonchev–Trinajstić information content (AvgIpc) is 3.17. The van der Waals surface area contributed by atoms with E-state index in [-0.39, 0.29) is 17.5 Å². The number of amides is 2. The van der Waals surface area contributed by atoms with Crippen molar-refractivity contribution in [1.29, 1.82) is 0 Å². The Kier molecular flexibility index (Phi) is 5.85. The summed E-state index contributed by atoms with van der Waals surface area (Å²) in [5.41, 5.74) is -0.109. The monoisotopic (exact) mass is 336 g/mol. The zero-order valence-corrected chi connectivity index (χ0v) is 14.5. The van der Waals surface area contributed by atoms with Crippen LogP contribution in [0.25, 0.3) is 0 Å². The van der Waals surface area contributed by atoms with Crippen molar-refractivity contribution in [2.24, 2.45) is 0 Å². The van der Waals surface area contributed by atoms with E-state index in [1.54, 1.807) is 23.5 Å². The van der Waals surface area contributed by atoms with Crippen LogP contribution in [-0.2, 0) is 5.41 Å². The third-order valence-electron chi connectivity index (χ3n) is 3.71. The SMILES string of the molecule is CC(CC(O)c1ccco1)NC(=O)NCC(C)(C)c1cccs1. The summed E-state index contributed by atoms with van der Waals surface area (Å²) in [4.78, 5) is 13.2. The lowest BCUT2D eigenvalue weighted by Gasteiger charge is -2.24. The Labute approximate surface area is 140 Å². The first kappa shape index (κ1) is 17.6. The minimum Gasteiger partial charge on any atom is -0.467 e. The molecule has 3 N–H and O–H groups in total. The predicted molar refractivity (Wildman–Crippen MR) is 91.6 cm³/mol. The second-order valence-corrected chi connectivity index (χ2v) is 7.30. The number of rotatable bonds is 7. The lowest BCUT2D eigenvalue weighted by atomic mass is 9.91. The Morgan fingerprint density at radius 1 is 1.39 bits per heavy atom. The van der Waals surface area contributed by atoms with Gasteiger partial charge in [0.15, 0.2) is 0 Å². The Hall–Kier alpha value is -1.79. The summed E-state index contributed by atoms with van der Waals surface area (Å²) in [6.07, 6.45) is 1.20. The zero-order valence-electron chi connectivity index (χ0n) is 13.7. The maximum atomic E-state index is 12.0. The van der Waals surface area contributed by atoms with E-state index >= 15 is 0 Å². The minimum absolute atomic E-state index is 0.109. The fourth-order valence-corrected chi connectivity index (χ4v) is 3.17. The Morgan fingerprint density at radius 3 is 2.78 bits per heavy atom. The molecular formula is C17H24N2O3S. The molecule has 2 heterocycles. The number of furan rings is 1. The molecule has 0 saturated carbocycles. The van der Waals surface area contributed by atoms with Crippen LogP contribution in [0.2, 0.25) is 0 Å². The molecule has 0 aliphatic carbocycles. The van der Waals surface area contributed by atoms with Crippen LogP contribution >= 0.6 is 11.3 Å². The van der Waals surface area contributed by atoms with Gasteiger partial charge in [-0.15, -0.1) is 11.3 Å². The normalized spacial score (nSPS) is 14.3. The second-order valence-electron chi connectivity index (χ2n) is 6.36. The van der Waals surface area contributed by atoms with Crippen LogP contribution in [0.5, 0.6) is 0 Å². The van der Waals surface area contributed by atoms with Gasteiger partial charge < -0.3 is 20.2 Å². The number of hydrogen-bond donors (Lipinski definition) is 3. The zero-order chi connectivity index (χ0) is 16.9. The highest BCUT2D eigenvalue weighted by Crippen LogP contribution is 2.26. The van der Waals surface area contributed by atoms with Gasteiger partial charge >= 0.3 is 6.03 Å². The van der Waals surface area contributed by atoms with Gasteiger partial charge in [-0.1, -0.05) is 19.9 Å². The maximum absolute atomic E-state index is 12.0. The maximum Gasteiger partial charge on any atom is 0.315 e. The molecule has 0 saturated heterocycles. The lowest BCUT2D eigenvalue weighted by molar-refractivity contribution is 0.129. The number of carbonyl (C=O) groups excluding carboxylic acids is 1. The van der Waals surface area contributed by atoms with E-state index < -0.39 is 6.10 Å². The van der Waals surface area contributed by atoms with Crippen LogP contribution in [-0.4, -0.2) is 23.7 Å². The average molecular weight is 336 g/mol. The molecule has 2 aromatic rings. The molecule has 2 aromatic heterocycles. The van der Waals surface area contributed by atoms with E-state index in [0.29, 0.717) is 18.7 Å². The van der Waals surface area contributed by atoms with Gasteiger partial charge in [0.25, 0.3) is 0 Å². The first-order valence-corrected chi connectivity index (χ1v) is 8.56. The van der Waals surface area contributed by atoms with Crippen molar-refractivity contribution in [3.05, 3.63) is 46.5 Å². The van der Waals surface area contributed by atoms with Gasteiger partial charge in [0.2, 0.25) is 0 Å². The largest absolute Gasteiger partial charge is 0.467 e. The van der Waals surface area contributed by atoms with E-state index in [2.05, 4.69) is 30.5 Å². The number of thiophene rings is 1. The highest BCUT2D eigenvalue weighted by molar-refractivity contribution is 7.10. The third-order valence-corrected chi connectivity index (χ3v) is 4.94. The number of aliphatic hydroxyl groups excluding tert-OH is 1. The second kappa shape index (κ2) is 7.66. The van der Waals surface area contributed by atoms with Crippen LogP contribution in [0.1, 0.15) is 43.9 Å². The molecule has 5 nitrogen and oxygen atoms in total. The summed E-state index contributed by atoms with van der Waals surface area (Å²) in [5, 5.41) is 17.8. The molecule has 2 unspecified atom stereocenters. The predicted octanol–water partition coefficient (Wildman–Crippen LogP) is 3.43. The van der Waals surface area contributed by atoms with Crippen LogP contribution in [0, 0.1) is 0 Å². The van der Waals surface area contributed by atoms with Crippen LogP contribution in [0.3, 0.4) is 0 Å². The first-order valence-electron chi connectivity index (χ1n) is 7.68. The molecule has 23 heavy (non-hydrogen) atoms. The van der Waals surface area contributed by atoms with E-state index in [4.69, 9.17) is 4.42 Å². The van der Waals surface area contributed by atoms with Gasteiger partial charge in [0.1, 0.15) is 11.9 Å². The van der Waals surface area contributed by atoms with Crippen molar-refractivity contribution >= 4 is 17.4 Å². The summed E-state index contributed by atoms with van der Waals surface area (Å²) >= 11 is 1.69. The highest BCUT2D eigenvalue weighted by atomic mass is 32.1. The molecule has 0 aliphatic heterocycles. The summed E-state index contributed by atoms with van der Waals surface area (Å²) < 4.78 is 5.16. The van der Waals surface area contributed by atoms with Crippen LogP contribution in [0.4, 0.5) is 4.79 Å². The summed E-state index contributed by atoms with van der Waals surface area (Å²) in [5.74, 6) is 0.512. The number of urea groups is 1. The van der Waals surface area contributed by atoms with Gasteiger partial charge in [0.05, 0.1) is 6.26 Å². The van der Waals surface area contributed by atoms with Crippen LogP contribution in [0.15, 0.2) is 40.3 Å². The fourth-order valence-electron chi connectivity index (χ4n) is 2.32. The molecule has 0 bridgehead atoms. The standard InChI is InChI=1S/C17H24N2O3S/c1-12(10-13(20)14-6-4-8-22-14)19-16(21)18-11-17(2,3)15-7-5-9-23-15/h4-9,12-13,20H,10-11H2,1-3H3,(H2,18,19,21). The lowest BCUT2D eigenvalue weighted by Crippen LogP contribution is -2.45. The third kappa shape index (κ3) is 5.11. The molecule has 0 fully saturated rings. The van der Waals surface area contributed by atoms with Gasteiger partial charge in [0, 0.05) is 29.3 Å². The van der Waals surface area contributed by atoms with Crippen molar-refractivity contribution in [3.8, 4) is 0 Å². The van der Waals surface area contributed by atoms with E-state index in [9.17, 15) is 9.90 Å². The molecule has 0 aliphatic rings. The van der Waals surface area contributed by atoms with Gasteiger partial charge in [-0.05, 0) is 30.5 Å². The van der Waals surface area contributed by atoms with Crippen molar-refractivity contribution < 1.29 is 14.3 Å². The summed E-state index contributed by atoms with van der Waals surface area (Å²) in [6.45, 7) is 6.61.